The van der Waals surface area contributed by atoms with Gasteiger partial charge in [-0.05, 0) is 61.1 Å². The minimum absolute atomic E-state index is 0.0226. The van der Waals surface area contributed by atoms with E-state index in [1.54, 1.807) is 27.7 Å². The van der Waals surface area contributed by atoms with E-state index in [1.807, 2.05) is 13.8 Å². The Kier molecular flexibility index (Phi) is 23.7. The molecule has 1 aromatic carbocycles. The van der Waals surface area contributed by atoms with E-state index in [2.05, 4.69) is 36.9 Å². The van der Waals surface area contributed by atoms with Crippen LogP contribution in [0.2, 0.25) is 0 Å². The molecule has 0 bridgehead atoms. The van der Waals surface area contributed by atoms with E-state index < -0.39 is 114 Å². The molecule has 0 fully saturated rings. The number of nitrogens with two attached hydrogens (primary N) is 5. The summed E-state index contributed by atoms with van der Waals surface area (Å²) in [7, 11) is 0. The standard InChI is InChI=1S/C40H68N12O10/c1-7-21(5)30(34(43)57)50-39(62)32(33(56)25(41)17-23-11-13-24(54)14-12-23)52-36(59)27(10-9-15-46-40(44)45)48-29(55)18-47-38(61)31(22(6)8-2)51-37(60)28(16-20(3)4)49-35(58)26(42)19-53/h11-14,20-22,25-28,30-32,53-54H,7-10,15-19,41-42H2,1-6H3,(H2,43,57)(H,47,61)(H,48,55)(H,49,58)(H,50,62)(H,51,60)(H,52,59)(H4,44,45,46)/t21?,22?,25-,26-,27-,28-,30-,31-,32-/m0/s1. The second-order valence-corrected chi connectivity index (χ2v) is 15.7. The van der Waals surface area contributed by atoms with Crippen molar-refractivity contribution in [2.75, 3.05) is 19.7 Å². The van der Waals surface area contributed by atoms with Crippen LogP contribution in [0, 0.1) is 17.8 Å². The minimum atomic E-state index is -1.97. The fourth-order valence-electron chi connectivity index (χ4n) is 5.99. The van der Waals surface area contributed by atoms with Crippen molar-refractivity contribution >= 4 is 53.1 Å². The van der Waals surface area contributed by atoms with Gasteiger partial charge < -0.3 is 70.8 Å². The number of guanidine groups is 1. The van der Waals surface area contributed by atoms with Crippen LogP contribution in [0.15, 0.2) is 29.3 Å². The zero-order valence-electron chi connectivity index (χ0n) is 36.4. The summed E-state index contributed by atoms with van der Waals surface area (Å²) >= 11 is 0. The van der Waals surface area contributed by atoms with E-state index >= 15 is 0 Å². The third-order valence-corrected chi connectivity index (χ3v) is 10.1. The Balaban J connectivity index is 3.38. The van der Waals surface area contributed by atoms with Gasteiger partial charge >= 0.3 is 0 Å². The maximum Gasteiger partial charge on any atom is 0.251 e. The van der Waals surface area contributed by atoms with Crippen molar-refractivity contribution in [1.29, 1.82) is 0 Å². The first kappa shape index (κ1) is 54.1. The first-order valence-corrected chi connectivity index (χ1v) is 20.6. The lowest BCUT2D eigenvalue weighted by Crippen LogP contribution is -2.62. The number of carbonyl (C=O) groups is 8. The largest absolute Gasteiger partial charge is 0.508 e. The van der Waals surface area contributed by atoms with E-state index in [0.29, 0.717) is 18.4 Å². The molecule has 0 aliphatic carbocycles. The first-order chi connectivity index (χ1) is 29.1. The van der Waals surface area contributed by atoms with Crippen LogP contribution >= 0.6 is 0 Å². The molecule has 1 aromatic rings. The van der Waals surface area contributed by atoms with Gasteiger partial charge in [-0.1, -0.05) is 66.5 Å². The fourth-order valence-corrected chi connectivity index (χ4v) is 5.99. The zero-order chi connectivity index (χ0) is 47.3. The summed E-state index contributed by atoms with van der Waals surface area (Å²) in [6.45, 7) is 9.20. The number of nitrogens with zero attached hydrogens (tertiary/aromatic N) is 1. The fraction of sp³-hybridized carbons (Fsp3) is 0.625. The van der Waals surface area contributed by atoms with Crippen molar-refractivity contribution < 1.29 is 48.6 Å². The van der Waals surface area contributed by atoms with Gasteiger partial charge in [0.1, 0.15) is 36.0 Å². The molecule has 1 rings (SSSR count). The summed E-state index contributed by atoms with van der Waals surface area (Å²) in [4.78, 5) is 110. The van der Waals surface area contributed by atoms with Gasteiger partial charge in [-0.15, -0.1) is 0 Å². The topological polar surface area (TPSA) is 392 Å². The lowest BCUT2D eigenvalue weighted by molar-refractivity contribution is -0.139. The van der Waals surface area contributed by atoms with Crippen molar-refractivity contribution in [2.24, 2.45) is 51.4 Å². The Bertz CT molecular complexity index is 1710. The van der Waals surface area contributed by atoms with Gasteiger partial charge in [0.25, 0.3) is 5.91 Å². The van der Waals surface area contributed by atoms with Crippen LogP contribution < -0.4 is 60.6 Å². The monoisotopic (exact) mass is 877 g/mol. The molecule has 62 heavy (non-hydrogen) atoms. The quantitative estimate of drug-likeness (QED) is 0.0167. The predicted octanol–water partition coefficient (Wildman–Crippen LogP) is -3.63. The molecule has 0 radical (unpaired) electrons. The number of primary amides is 1. The highest BCUT2D eigenvalue weighted by molar-refractivity contribution is 6.11. The number of hydrogen-bond acceptors (Lipinski definition) is 13. The number of aliphatic hydroxyl groups is 1. The van der Waals surface area contributed by atoms with Crippen molar-refractivity contribution in [3.63, 3.8) is 0 Å². The molecule has 9 atom stereocenters. The lowest BCUT2D eigenvalue weighted by Gasteiger charge is -2.28. The molecule has 22 heteroatoms. The molecule has 7 amide bonds. The zero-order valence-corrected chi connectivity index (χ0v) is 36.4. The molecule has 0 spiro atoms. The Morgan fingerprint density at radius 2 is 1.26 bits per heavy atom. The van der Waals surface area contributed by atoms with Crippen molar-refractivity contribution in [1.82, 2.24) is 31.9 Å². The molecule has 0 saturated carbocycles. The summed E-state index contributed by atoms with van der Waals surface area (Å²) in [6.07, 6.45) is 0.900. The summed E-state index contributed by atoms with van der Waals surface area (Å²) in [5, 5.41) is 33.9. The normalized spacial score (nSPS) is 15.5. The molecule has 2 unspecified atom stereocenters. The Morgan fingerprint density at radius 1 is 0.694 bits per heavy atom. The van der Waals surface area contributed by atoms with Crippen LogP contribution in [0.3, 0.4) is 0 Å². The number of aromatic hydroxyl groups is 1. The second kappa shape index (κ2) is 27.2. The van der Waals surface area contributed by atoms with Crippen molar-refractivity contribution in [2.45, 2.75) is 122 Å². The van der Waals surface area contributed by atoms with Gasteiger partial charge in [-0.2, -0.15) is 0 Å². The summed E-state index contributed by atoms with van der Waals surface area (Å²) < 4.78 is 0. The molecule has 348 valence electrons. The smallest absolute Gasteiger partial charge is 0.251 e. The molecule has 0 aliphatic heterocycles. The number of aliphatic imine (C=N–C) groups is 1. The van der Waals surface area contributed by atoms with E-state index in [1.165, 1.54) is 24.3 Å². The number of ketones is 1. The highest BCUT2D eigenvalue weighted by atomic mass is 16.3. The number of amides is 7. The summed E-state index contributed by atoms with van der Waals surface area (Å²) in [5.74, 6) is -8.27. The second-order valence-electron chi connectivity index (χ2n) is 15.7. The first-order valence-electron chi connectivity index (χ1n) is 20.6. The highest BCUT2D eigenvalue weighted by Gasteiger charge is 2.37. The van der Waals surface area contributed by atoms with Gasteiger partial charge in [0, 0.05) is 6.54 Å². The van der Waals surface area contributed by atoms with Crippen LogP contribution in [-0.2, 0) is 44.8 Å². The molecule has 0 heterocycles. The van der Waals surface area contributed by atoms with E-state index in [9.17, 15) is 48.6 Å². The molecule has 18 N–H and O–H groups in total. The number of nitrogens with one attached hydrogen (secondary N) is 6. The molecular formula is C40H68N12O10. The number of carbonyl (C=O) groups excluding carboxylic acids is 8. The Hall–Kier alpha value is -5.87. The van der Waals surface area contributed by atoms with Crippen molar-refractivity contribution in [3.8, 4) is 5.75 Å². The minimum Gasteiger partial charge on any atom is -0.508 e. The number of phenols is 1. The third kappa shape index (κ3) is 18.8. The van der Waals surface area contributed by atoms with Crippen molar-refractivity contribution in [3.05, 3.63) is 29.8 Å². The number of Topliss-reactive ketones (excluding diaryl/α,β-unsaturated/α-hetero) is 1. The Morgan fingerprint density at radius 3 is 1.79 bits per heavy atom. The maximum absolute atomic E-state index is 13.9. The maximum atomic E-state index is 13.9. The van der Waals surface area contributed by atoms with Gasteiger partial charge in [0.15, 0.2) is 17.8 Å². The van der Waals surface area contributed by atoms with Crippen LogP contribution in [0.1, 0.15) is 79.2 Å². The van der Waals surface area contributed by atoms with Gasteiger partial charge in [-0.25, -0.2) is 0 Å². The molecule has 0 aromatic heterocycles. The average Bonchev–Trinajstić information content (AvgIpc) is 3.22. The predicted molar refractivity (Wildman–Crippen MR) is 230 cm³/mol. The number of aliphatic hydroxyl groups excluding tert-OH is 1. The lowest BCUT2D eigenvalue weighted by atomic mass is 9.95. The third-order valence-electron chi connectivity index (χ3n) is 10.1. The van der Waals surface area contributed by atoms with E-state index in [-0.39, 0.29) is 49.9 Å². The van der Waals surface area contributed by atoms with Crippen LogP contribution in [0.4, 0.5) is 0 Å². The molecular weight excluding hydrogens is 809 g/mol. The van der Waals surface area contributed by atoms with Gasteiger partial charge in [-0.3, -0.25) is 43.3 Å². The number of phenolic OH excluding ortho intramolecular Hbond substituents is 1. The SMILES string of the molecule is CCC(C)[C@H](NC(=O)[C@@H](NC(=O)[C@H](CCCN=C(N)N)NC(=O)CNC(=O)[C@@H](NC(=O)[C@H](CC(C)C)NC(=O)[C@@H](N)CO)C(C)CC)C(=O)[C@@H](N)Cc1ccc(O)cc1)C(N)=O. The molecule has 0 aliphatic rings. The van der Waals surface area contributed by atoms with E-state index in [0.717, 1.165) is 0 Å². The Labute approximate surface area is 362 Å². The number of hydrogen-bond donors (Lipinski definition) is 13. The summed E-state index contributed by atoms with van der Waals surface area (Å²) in [6, 6.07) is -3.76. The molecule has 22 nitrogen and oxygen atoms in total. The summed E-state index contributed by atoms with van der Waals surface area (Å²) in [5.41, 5.74) is 28.8. The molecule has 0 saturated heterocycles. The van der Waals surface area contributed by atoms with Gasteiger partial charge in [0.2, 0.25) is 35.4 Å². The van der Waals surface area contributed by atoms with Crippen LogP contribution in [-0.4, -0.2) is 125 Å². The highest BCUT2D eigenvalue weighted by Crippen LogP contribution is 2.14. The number of benzene rings is 1. The van der Waals surface area contributed by atoms with E-state index in [4.69, 9.17) is 28.7 Å². The number of rotatable bonds is 28. The van der Waals surface area contributed by atoms with Crippen LogP contribution in [0.25, 0.3) is 0 Å². The van der Waals surface area contributed by atoms with Crippen LogP contribution in [0.5, 0.6) is 5.75 Å². The van der Waals surface area contributed by atoms with Gasteiger partial charge in [0.05, 0.1) is 19.2 Å². The average molecular weight is 877 g/mol.